The third kappa shape index (κ3) is 2.27. The Labute approximate surface area is 107 Å². The van der Waals surface area contributed by atoms with E-state index in [0.717, 1.165) is 15.6 Å². The van der Waals surface area contributed by atoms with Gasteiger partial charge in [0.2, 0.25) is 0 Å². The van der Waals surface area contributed by atoms with Crippen LogP contribution < -0.4 is 0 Å². The molecule has 0 spiro atoms. The zero-order valence-corrected chi connectivity index (χ0v) is 10.6. The molecule has 0 aliphatic rings. The lowest BCUT2D eigenvalue weighted by Gasteiger charge is -2.03. The molecule has 0 fully saturated rings. The summed E-state index contributed by atoms with van der Waals surface area (Å²) in [5, 5.41) is 9.64. The fourth-order valence-corrected chi connectivity index (χ4v) is 1.89. The second kappa shape index (κ2) is 4.69. The minimum absolute atomic E-state index is 0.632. The first kappa shape index (κ1) is 11.2. The molecule has 0 N–H and O–H groups in total. The van der Waals surface area contributed by atoms with Crippen molar-refractivity contribution < 1.29 is 0 Å². The topological polar surface area (TPSA) is 23.8 Å². The summed E-state index contributed by atoms with van der Waals surface area (Å²) in [6.45, 7) is 0. The van der Waals surface area contributed by atoms with Gasteiger partial charge in [0.15, 0.2) is 0 Å². The Bertz CT molecular complexity index is 555. The lowest BCUT2D eigenvalue weighted by molar-refractivity contribution is 1.46. The van der Waals surface area contributed by atoms with Crippen molar-refractivity contribution in [1.29, 1.82) is 5.26 Å². The van der Waals surface area contributed by atoms with Crippen molar-refractivity contribution in [3.63, 3.8) is 0 Å². The molecule has 3 heteroatoms. The molecule has 0 atom stereocenters. The lowest BCUT2D eigenvalue weighted by atomic mass is 10.0. The number of hydrogen-bond donors (Lipinski definition) is 0. The minimum Gasteiger partial charge on any atom is -0.192 e. The number of rotatable bonds is 1. The van der Waals surface area contributed by atoms with Gasteiger partial charge in [-0.3, -0.25) is 0 Å². The standard InChI is InChI=1S/C13H7BrClN/c14-13-6-3-10(7-11(13)8-16)9-1-4-12(15)5-2-9/h1-7H. The molecule has 0 heterocycles. The van der Waals surface area contributed by atoms with Crippen molar-refractivity contribution >= 4 is 27.5 Å². The van der Waals surface area contributed by atoms with Gasteiger partial charge < -0.3 is 0 Å². The van der Waals surface area contributed by atoms with Crippen molar-refractivity contribution in [2.45, 2.75) is 0 Å². The molecule has 0 amide bonds. The highest BCUT2D eigenvalue weighted by Gasteiger charge is 2.02. The van der Waals surface area contributed by atoms with Crippen LogP contribution in [0.15, 0.2) is 46.9 Å². The average Bonchev–Trinajstić information content (AvgIpc) is 2.31. The van der Waals surface area contributed by atoms with E-state index in [-0.39, 0.29) is 0 Å². The Morgan fingerprint density at radius 2 is 1.62 bits per heavy atom. The van der Waals surface area contributed by atoms with Gasteiger partial charge in [0, 0.05) is 9.50 Å². The number of benzene rings is 2. The highest BCUT2D eigenvalue weighted by molar-refractivity contribution is 9.10. The van der Waals surface area contributed by atoms with Crippen molar-refractivity contribution in [3.05, 3.63) is 57.5 Å². The fourth-order valence-electron chi connectivity index (χ4n) is 1.43. The van der Waals surface area contributed by atoms with Crippen LogP contribution in [0.2, 0.25) is 5.02 Å². The Morgan fingerprint density at radius 1 is 1.00 bits per heavy atom. The number of hydrogen-bond acceptors (Lipinski definition) is 1. The van der Waals surface area contributed by atoms with Crippen LogP contribution in [0.3, 0.4) is 0 Å². The zero-order valence-electron chi connectivity index (χ0n) is 8.24. The summed E-state index contributed by atoms with van der Waals surface area (Å²) in [4.78, 5) is 0. The fraction of sp³-hybridized carbons (Fsp3) is 0. The summed E-state index contributed by atoms with van der Waals surface area (Å²) < 4.78 is 0.813. The van der Waals surface area contributed by atoms with E-state index in [2.05, 4.69) is 22.0 Å². The predicted molar refractivity (Wildman–Crippen MR) is 69.3 cm³/mol. The van der Waals surface area contributed by atoms with Crippen LogP contribution in [0.5, 0.6) is 0 Å². The highest BCUT2D eigenvalue weighted by atomic mass is 79.9. The van der Waals surface area contributed by atoms with Gasteiger partial charge in [0.05, 0.1) is 5.56 Å². The van der Waals surface area contributed by atoms with E-state index >= 15 is 0 Å². The highest BCUT2D eigenvalue weighted by Crippen LogP contribution is 2.26. The molecule has 0 unspecified atom stereocenters. The van der Waals surface area contributed by atoms with Crippen LogP contribution >= 0.6 is 27.5 Å². The van der Waals surface area contributed by atoms with E-state index in [1.165, 1.54) is 0 Å². The van der Waals surface area contributed by atoms with Crippen molar-refractivity contribution in [3.8, 4) is 17.2 Å². The molecule has 0 radical (unpaired) electrons. The molecular weight excluding hydrogens is 286 g/mol. The molecule has 1 nitrogen and oxygen atoms in total. The number of nitrogens with zero attached hydrogens (tertiary/aromatic N) is 1. The van der Waals surface area contributed by atoms with Gasteiger partial charge in [-0.2, -0.15) is 5.26 Å². The first-order chi connectivity index (χ1) is 7.70. The van der Waals surface area contributed by atoms with E-state index in [1.54, 1.807) is 0 Å². The van der Waals surface area contributed by atoms with E-state index < -0.39 is 0 Å². The largest absolute Gasteiger partial charge is 0.192 e. The summed E-state index contributed by atoms with van der Waals surface area (Å²) in [5.74, 6) is 0. The van der Waals surface area contributed by atoms with Crippen molar-refractivity contribution in [1.82, 2.24) is 0 Å². The molecule has 0 aliphatic heterocycles. The molecule has 2 aromatic carbocycles. The van der Waals surface area contributed by atoms with Crippen molar-refractivity contribution in [2.75, 3.05) is 0 Å². The average molecular weight is 293 g/mol. The van der Waals surface area contributed by atoms with Gasteiger partial charge in [0.1, 0.15) is 6.07 Å². The molecule has 0 aromatic heterocycles. The number of nitriles is 1. The van der Waals surface area contributed by atoms with Gasteiger partial charge >= 0.3 is 0 Å². The Morgan fingerprint density at radius 3 is 2.25 bits per heavy atom. The lowest BCUT2D eigenvalue weighted by Crippen LogP contribution is -1.81. The maximum absolute atomic E-state index is 8.93. The van der Waals surface area contributed by atoms with Crippen LogP contribution in [-0.4, -0.2) is 0 Å². The normalized spacial score (nSPS) is 9.81. The minimum atomic E-state index is 0.632. The maximum Gasteiger partial charge on any atom is 0.100 e. The molecule has 2 rings (SSSR count). The van der Waals surface area contributed by atoms with Gasteiger partial charge in [-0.05, 0) is 51.3 Å². The Kier molecular flexibility index (Phi) is 3.28. The second-order valence-electron chi connectivity index (χ2n) is 3.31. The third-order valence-corrected chi connectivity index (χ3v) is 3.21. The SMILES string of the molecule is N#Cc1cc(-c2ccc(Cl)cc2)ccc1Br. The summed E-state index contributed by atoms with van der Waals surface area (Å²) in [6, 6.07) is 15.4. The zero-order chi connectivity index (χ0) is 11.5. The molecule has 16 heavy (non-hydrogen) atoms. The summed E-state index contributed by atoms with van der Waals surface area (Å²) in [7, 11) is 0. The molecule has 78 valence electrons. The first-order valence-corrected chi connectivity index (χ1v) is 5.83. The van der Waals surface area contributed by atoms with E-state index in [4.69, 9.17) is 16.9 Å². The molecule has 2 aromatic rings. The van der Waals surface area contributed by atoms with Crippen molar-refractivity contribution in [2.24, 2.45) is 0 Å². The summed E-state index contributed by atoms with van der Waals surface area (Å²) >= 11 is 9.15. The molecule has 0 saturated carbocycles. The molecule has 0 aliphatic carbocycles. The molecule has 0 bridgehead atoms. The smallest absolute Gasteiger partial charge is 0.100 e. The van der Waals surface area contributed by atoms with E-state index in [1.807, 2.05) is 42.5 Å². The molecule has 0 saturated heterocycles. The quantitative estimate of drug-likeness (QED) is 0.751. The van der Waals surface area contributed by atoms with Crippen LogP contribution in [0.25, 0.3) is 11.1 Å². The maximum atomic E-state index is 8.93. The first-order valence-electron chi connectivity index (χ1n) is 4.66. The third-order valence-electron chi connectivity index (χ3n) is 2.26. The van der Waals surface area contributed by atoms with E-state index in [0.29, 0.717) is 10.6 Å². The van der Waals surface area contributed by atoms with Crippen LogP contribution in [0.4, 0.5) is 0 Å². The van der Waals surface area contributed by atoms with Crippen LogP contribution in [-0.2, 0) is 0 Å². The monoisotopic (exact) mass is 291 g/mol. The van der Waals surface area contributed by atoms with E-state index in [9.17, 15) is 0 Å². The second-order valence-corrected chi connectivity index (χ2v) is 4.60. The van der Waals surface area contributed by atoms with Gasteiger partial charge in [-0.1, -0.05) is 29.8 Å². The van der Waals surface area contributed by atoms with Gasteiger partial charge in [-0.25, -0.2) is 0 Å². The molecular formula is C13H7BrClN. The van der Waals surface area contributed by atoms with Gasteiger partial charge in [0.25, 0.3) is 0 Å². The number of halogens is 2. The van der Waals surface area contributed by atoms with Crippen LogP contribution in [0, 0.1) is 11.3 Å². The Balaban J connectivity index is 2.49. The Hall–Kier alpha value is -1.30. The summed E-state index contributed by atoms with van der Waals surface area (Å²) in [6.07, 6.45) is 0. The predicted octanol–water partition coefficient (Wildman–Crippen LogP) is 4.64. The van der Waals surface area contributed by atoms with Crippen LogP contribution in [0.1, 0.15) is 5.56 Å². The summed E-state index contributed by atoms with van der Waals surface area (Å²) in [5.41, 5.74) is 2.69. The van der Waals surface area contributed by atoms with Gasteiger partial charge in [-0.15, -0.1) is 0 Å².